The van der Waals surface area contributed by atoms with Crippen LogP contribution in [0.5, 0.6) is 0 Å². The van der Waals surface area contributed by atoms with Crippen molar-refractivity contribution >= 4 is 45.8 Å². The van der Waals surface area contributed by atoms with Gasteiger partial charge in [0.2, 0.25) is 0 Å². The number of piperidine rings is 1. The number of likely N-dealkylation sites (tertiary alicyclic amines) is 1. The number of hydrogen-bond acceptors (Lipinski definition) is 3. The molecular formula is C20H30IN3O2S. The normalized spacial score (nSPS) is 22.3. The lowest BCUT2D eigenvalue weighted by Gasteiger charge is -2.31. The van der Waals surface area contributed by atoms with E-state index in [4.69, 9.17) is 4.99 Å². The highest BCUT2D eigenvalue weighted by molar-refractivity contribution is 14.0. The van der Waals surface area contributed by atoms with Gasteiger partial charge in [-0.05, 0) is 37.7 Å². The minimum Gasteiger partial charge on any atom is -0.357 e. The molecule has 3 rings (SSSR count). The Morgan fingerprint density at radius 2 is 1.96 bits per heavy atom. The van der Waals surface area contributed by atoms with Crippen molar-refractivity contribution < 1.29 is 8.42 Å². The first-order chi connectivity index (χ1) is 12.6. The lowest BCUT2D eigenvalue weighted by molar-refractivity contribution is 0.374. The number of guanidine groups is 1. The zero-order valence-corrected chi connectivity index (χ0v) is 19.1. The Hall–Kier alpha value is -1.09. The van der Waals surface area contributed by atoms with Crippen molar-refractivity contribution in [2.75, 3.05) is 37.7 Å². The molecule has 7 heteroatoms. The molecule has 1 aromatic rings. The third kappa shape index (κ3) is 6.78. The van der Waals surface area contributed by atoms with Crippen molar-refractivity contribution in [2.45, 2.75) is 26.2 Å². The van der Waals surface area contributed by atoms with E-state index in [1.807, 2.05) is 6.07 Å². The summed E-state index contributed by atoms with van der Waals surface area (Å²) >= 11 is 0. The van der Waals surface area contributed by atoms with Crippen molar-refractivity contribution in [1.82, 2.24) is 10.2 Å². The monoisotopic (exact) mass is 503 g/mol. The fourth-order valence-corrected chi connectivity index (χ4v) is 5.44. The molecule has 0 aromatic heterocycles. The minimum atomic E-state index is -2.83. The van der Waals surface area contributed by atoms with Gasteiger partial charge in [0.25, 0.3) is 0 Å². The van der Waals surface area contributed by atoms with Gasteiger partial charge in [-0.15, -0.1) is 24.0 Å². The van der Waals surface area contributed by atoms with Gasteiger partial charge < -0.3 is 10.2 Å². The van der Waals surface area contributed by atoms with Crippen LogP contribution in [0.1, 0.15) is 31.7 Å². The van der Waals surface area contributed by atoms with Gasteiger partial charge in [-0.2, -0.15) is 0 Å². The van der Waals surface area contributed by atoms with Crippen LogP contribution in [0.3, 0.4) is 0 Å². The Morgan fingerprint density at radius 3 is 2.56 bits per heavy atom. The van der Waals surface area contributed by atoms with Crippen molar-refractivity contribution in [2.24, 2.45) is 10.9 Å². The maximum Gasteiger partial charge on any atom is 0.193 e. The van der Waals surface area contributed by atoms with Crippen LogP contribution in [0.2, 0.25) is 0 Å². The second-order valence-corrected chi connectivity index (χ2v) is 9.39. The Labute approximate surface area is 180 Å². The fourth-order valence-electron chi connectivity index (χ4n) is 3.59. The summed E-state index contributed by atoms with van der Waals surface area (Å²) in [6, 6.07) is 10.5. The molecule has 150 valence electrons. The first kappa shape index (κ1) is 22.2. The molecule has 0 bridgehead atoms. The molecule has 2 aliphatic heterocycles. The predicted octanol–water partition coefficient (Wildman–Crippen LogP) is 3.18. The average Bonchev–Trinajstić information content (AvgIpc) is 2.99. The number of aliphatic imine (C=N–C) groups is 1. The molecule has 27 heavy (non-hydrogen) atoms. The highest BCUT2D eigenvalue weighted by Crippen LogP contribution is 2.21. The maximum atomic E-state index is 11.6. The maximum absolute atomic E-state index is 11.6. The highest BCUT2D eigenvalue weighted by Gasteiger charge is 2.28. The number of sulfone groups is 1. The Kier molecular flexibility index (Phi) is 8.60. The van der Waals surface area contributed by atoms with Crippen LogP contribution in [0, 0.1) is 5.92 Å². The van der Waals surface area contributed by atoms with E-state index in [0.29, 0.717) is 18.1 Å². The summed E-state index contributed by atoms with van der Waals surface area (Å²) in [5, 5.41) is 3.37. The van der Waals surface area contributed by atoms with E-state index >= 15 is 0 Å². The smallest absolute Gasteiger partial charge is 0.193 e. The van der Waals surface area contributed by atoms with E-state index in [1.165, 1.54) is 11.1 Å². The Balaban J connectivity index is 0.00000261. The molecule has 2 fully saturated rings. The molecular weight excluding hydrogens is 473 g/mol. The molecule has 1 atom stereocenters. The largest absolute Gasteiger partial charge is 0.357 e. The molecule has 0 spiro atoms. The Morgan fingerprint density at radius 1 is 1.26 bits per heavy atom. The van der Waals surface area contributed by atoms with Gasteiger partial charge in [-0.25, -0.2) is 8.42 Å². The summed E-state index contributed by atoms with van der Waals surface area (Å²) in [4.78, 5) is 7.04. The summed E-state index contributed by atoms with van der Waals surface area (Å²) < 4.78 is 23.2. The molecule has 0 aliphatic carbocycles. The summed E-state index contributed by atoms with van der Waals surface area (Å²) in [7, 11) is -2.83. The number of hydrogen-bond donors (Lipinski definition) is 1. The van der Waals surface area contributed by atoms with Crippen LogP contribution < -0.4 is 5.32 Å². The van der Waals surface area contributed by atoms with E-state index < -0.39 is 9.84 Å². The van der Waals surface area contributed by atoms with Gasteiger partial charge in [0, 0.05) is 26.2 Å². The van der Waals surface area contributed by atoms with Crippen LogP contribution in [0.25, 0.3) is 6.08 Å². The number of benzene rings is 1. The summed E-state index contributed by atoms with van der Waals surface area (Å²) in [6.45, 7) is 5.40. The van der Waals surface area contributed by atoms with Gasteiger partial charge in [0.05, 0.1) is 11.5 Å². The minimum absolute atomic E-state index is 0. The topological polar surface area (TPSA) is 61.8 Å². The van der Waals surface area contributed by atoms with E-state index in [-0.39, 0.29) is 29.9 Å². The van der Waals surface area contributed by atoms with Crippen molar-refractivity contribution in [3.05, 3.63) is 41.5 Å². The zero-order valence-electron chi connectivity index (χ0n) is 15.9. The lowest BCUT2D eigenvalue weighted by Crippen LogP contribution is -2.44. The summed E-state index contributed by atoms with van der Waals surface area (Å²) in [5.74, 6) is 1.71. The number of nitrogens with one attached hydrogen (secondary N) is 1. The van der Waals surface area contributed by atoms with Gasteiger partial charge in [0.1, 0.15) is 0 Å². The average molecular weight is 503 g/mol. The van der Waals surface area contributed by atoms with Crippen LogP contribution in [0.15, 0.2) is 40.9 Å². The highest BCUT2D eigenvalue weighted by atomic mass is 127. The SMILES string of the molecule is CCNC(=NCC1CCS(=O)(=O)C1)N1CCC(=Cc2ccccc2)CC1.I. The van der Waals surface area contributed by atoms with Crippen molar-refractivity contribution in [3.8, 4) is 0 Å². The predicted molar refractivity (Wildman–Crippen MR) is 123 cm³/mol. The molecule has 0 radical (unpaired) electrons. The van der Waals surface area contributed by atoms with E-state index in [0.717, 1.165) is 44.9 Å². The van der Waals surface area contributed by atoms with Crippen molar-refractivity contribution in [1.29, 1.82) is 0 Å². The molecule has 2 saturated heterocycles. The van der Waals surface area contributed by atoms with Crippen LogP contribution in [0.4, 0.5) is 0 Å². The summed E-state index contributed by atoms with van der Waals surface area (Å²) in [6.07, 6.45) is 5.12. The van der Waals surface area contributed by atoms with Gasteiger partial charge in [-0.1, -0.05) is 42.0 Å². The quantitative estimate of drug-likeness (QED) is 0.390. The zero-order chi connectivity index (χ0) is 18.4. The number of halogens is 1. The molecule has 5 nitrogen and oxygen atoms in total. The number of nitrogens with zero attached hydrogens (tertiary/aromatic N) is 2. The molecule has 0 amide bonds. The first-order valence-corrected chi connectivity index (χ1v) is 11.4. The molecule has 2 heterocycles. The van der Waals surface area contributed by atoms with Gasteiger partial charge >= 0.3 is 0 Å². The molecule has 1 N–H and O–H groups in total. The van der Waals surface area contributed by atoms with Crippen LogP contribution in [-0.4, -0.2) is 57.0 Å². The third-order valence-electron chi connectivity index (χ3n) is 5.04. The van der Waals surface area contributed by atoms with Crippen LogP contribution >= 0.6 is 24.0 Å². The Bertz CT molecular complexity index is 753. The second kappa shape index (κ2) is 10.5. The molecule has 1 unspecified atom stereocenters. The van der Waals surface area contributed by atoms with Gasteiger partial charge in [0.15, 0.2) is 15.8 Å². The van der Waals surface area contributed by atoms with Crippen LogP contribution in [-0.2, 0) is 9.84 Å². The lowest BCUT2D eigenvalue weighted by atomic mass is 10.0. The van der Waals surface area contributed by atoms with Gasteiger partial charge in [-0.3, -0.25) is 4.99 Å². The molecule has 0 saturated carbocycles. The number of rotatable bonds is 4. The second-order valence-electron chi connectivity index (χ2n) is 7.16. The molecule has 1 aromatic carbocycles. The first-order valence-electron chi connectivity index (χ1n) is 9.54. The van der Waals surface area contributed by atoms with Crippen molar-refractivity contribution in [3.63, 3.8) is 0 Å². The van der Waals surface area contributed by atoms with E-state index in [9.17, 15) is 8.42 Å². The fraction of sp³-hybridized carbons (Fsp3) is 0.550. The van der Waals surface area contributed by atoms with E-state index in [1.54, 1.807) is 0 Å². The standard InChI is InChI=1S/C20H29N3O2S.HI/c1-2-21-20(22-15-19-10-13-26(24,25)16-19)23-11-8-18(9-12-23)14-17-6-4-3-5-7-17;/h3-7,14,19H,2,8-13,15-16H2,1H3,(H,21,22);1H. The summed E-state index contributed by atoms with van der Waals surface area (Å²) in [5.41, 5.74) is 2.74. The van der Waals surface area contributed by atoms with E-state index in [2.05, 4.69) is 47.5 Å². The molecule has 2 aliphatic rings. The third-order valence-corrected chi connectivity index (χ3v) is 6.87.